The Morgan fingerprint density at radius 2 is 1.84 bits per heavy atom. The van der Waals surface area contributed by atoms with Crippen LogP contribution in [-0.2, 0) is 4.74 Å². The van der Waals surface area contributed by atoms with Crippen LogP contribution in [0.25, 0.3) is 0 Å². The van der Waals surface area contributed by atoms with E-state index >= 15 is 0 Å². The van der Waals surface area contributed by atoms with Gasteiger partial charge >= 0.3 is 0 Å². The minimum Gasteiger partial charge on any atom is -0.378 e. The summed E-state index contributed by atoms with van der Waals surface area (Å²) in [5.41, 5.74) is 2.07. The molecule has 2 aliphatic rings. The van der Waals surface area contributed by atoms with Gasteiger partial charge in [-0.25, -0.2) is 0 Å². The largest absolute Gasteiger partial charge is 0.378 e. The maximum atomic E-state index is 13.0. The van der Waals surface area contributed by atoms with Gasteiger partial charge in [-0.2, -0.15) is 0 Å². The van der Waals surface area contributed by atoms with Gasteiger partial charge in [0, 0.05) is 42.1 Å². The van der Waals surface area contributed by atoms with Crippen LogP contribution in [0.5, 0.6) is 0 Å². The van der Waals surface area contributed by atoms with E-state index in [2.05, 4.69) is 10.6 Å². The summed E-state index contributed by atoms with van der Waals surface area (Å²) >= 11 is 0. The van der Waals surface area contributed by atoms with Crippen molar-refractivity contribution in [1.82, 2.24) is 5.32 Å². The van der Waals surface area contributed by atoms with Gasteiger partial charge in [-0.1, -0.05) is 6.07 Å². The van der Waals surface area contributed by atoms with Crippen molar-refractivity contribution in [2.24, 2.45) is 0 Å². The Morgan fingerprint density at radius 1 is 1.10 bits per heavy atom. The first-order chi connectivity index (χ1) is 14.9. The normalized spacial score (nSPS) is 16.0. The molecule has 0 unspecified atom stereocenters. The number of nitrogens with zero attached hydrogens (tertiary/aromatic N) is 2. The summed E-state index contributed by atoms with van der Waals surface area (Å²) in [6.07, 6.45) is 1.95. The topological polar surface area (TPSA) is 114 Å². The molecule has 2 aromatic rings. The van der Waals surface area contributed by atoms with Crippen LogP contribution in [0.15, 0.2) is 36.4 Å². The van der Waals surface area contributed by atoms with Gasteiger partial charge in [0.15, 0.2) is 0 Å². The minimum absolute atomic E-state index is 0.0266. The number of morpholine rings is 1. The van der Waals surface area contributed by atoms with Crippen molar-refractivity contribution in [2.45, 2.75) is 25.8 Å². The first-order valence-corrected chi connectivity index (χ1v) is 10.3. The second-order valence-electron chi connectivity index (χ2n) is 7.79. The van der Waals surface area contributed by atoms with Gasteiger partial charge in [0.2, 0.25) is 0 Å². The zero-order chi connectivity index (χ0) is 22.0. The molecule has 1 saturated carbocycles. The fourth-order valence-corrected chi connectivity index (χ4v) is 3.47. The molecule has 162 valence electrons. The second-order valence-corrected chi connectivity index (χ2v) is 7.79. The summed E-state index contributed by atoms with van der Waals surface area (Å²) < 4.78 is 5.35. The zero-order valence-corrected chi connectivity index (χ0v) is 17.2. The molecule has 2 fully saturated rings. The van der Waals surface area contributed by atoms with E-state index in [0.717, 1.165) is 24.1 Å². The molecule has 0 radical (unpaired) electrons. The van der Waals surface area contributed by atoms with Gasteiger partial charge < -0.3 is 20.3 Å². The minimum atomic E-state index is -0.593. The van der Waals surface area contributed by atoms with Gasteiger partial charge in [0.25, 0.3) is 17.5 Å². The molecule has 2 aromatic carbocycles. The van der Waals surface area contributed by atoms with Crippen LogP contribution in [0.1, 0.15) is 39.1 Å². The molecule has 2 N–H and O–H groups in total. The van der Waals surface area contributed by atoms with Gasteiger partial charge in [-0.15, -0.1) is 0 Å². The molecule has 0 spiro atoms. The lowest BCUT2D eigenvalue weighted by Crippen LogP contribution is -2.36. The van der Waals surface area contributed by atoms with Crippen LogP contribution in [0, 0.1) is 17.0 Å². The number of hydrogen-bond donors (Lipinski definition) is 2. The van der Waals surface area contributed by atoms with Gasteiger partial charge in [-0.05, 0) is 49.6 Å². The van der Waals surface area contributed by atoms with Crippen molar-refractivity contribution in [3.8, 4) is 0 Å². The molecule has 0 bridgehead atoms. The Hall–Kier alpha value is -3.46. The van der Waals surface area contributed by atoms with E-state index in [1.807, 2.05) is 4.90 Å². The Bertz CT molecular complexity index is 1030. The van der Waals surface area contributed by atoms with Gasteiger partial charge in [0.1, 0.15) is 5.56 Å². The van der Waals surface area contributed by atoms with E-state index in [-0.39, 0.29) is 23.2 Å². The maximum Gasteiger partial charge on any atom is 0.282 e. The summed E-state index contributed by atoms with van der Waals surface area (Å²) in [4.78, 5) is 38.4. The molecule has 0 atom stereocenters. The Balaban J connectivity index is 1.59. The number of anilines is 2. The first-order valence-electron chi connectivity index (χ1n) is 10.3. The number of amides is 2. The third-order valence-corrected chi connectivity index (χ3v) is 5.46. The van der Waals surface area contributed by atoms with Crippen molar-refractivity contribution < 1.29 is 19.2 Å². The number of nitrogens with one attached hydrogen (secondary N) is 2. The Labute approximate surface area is 179 Å². The number of ether oxygens (including phenoxy) is 1. The van der Waals surface area contributed by atoms with Crippen LogP contribution < -0.4 is 15.5 Å². The van der Waals surface area contributed by atoms with Crippen molar-refractivity contribution in [3.63, 3.8) is 0 Å². The lowest BCUT2D eigenvalue weighted by atomic mass is 10.1. The van der Waals surface area contributed by atoms with Crippen LogP contribution >= 0.6 is 0 Å². The predicted octanol–water partition coefficient (Wildman–Crippen LogP) is 2.88. The molecule has 31 heavy (non-hydrogen) atoms. The summed E-state index contributed by atoms with van der Waals surface area (Å²) in [7, 11) is 0. The fraction of sp³-hybridized carbons (Fsp3) is 0.364. The van der Waals surface area contributed by atoms with Crippen molar-refractivity contribution in [3.05, 3.63) is 63.2 Å². The summed E-state index contributed by atoms with van der Waals surface area (Å²) in [5, 5.41) is 17.2. The number of benzene rings is 2. The highest BCUT2D eigenvalue weighted by Gasteiger charge is 2.25. The van der Waals surface area contributed by atoms with E-state index in [9.17, 15) is 19.7 Å². The quantitative estimate of drug-likeness (QED) is 0.544. The molecule has 1 aliphatic heterocycles. The highest BCUT2D eigenvalue weighted by molar-refractivity contribution is 6.08. The average Bonchev–Trinajstić information content (AvgIpc) is 3.59. The lowest BCUT2D eigenvalue weighted by molar-refractivity contribution is -0.385. The molecule has 9 heteroatoms. The first kappa shape index (κ1) is 20.8. The van der Waals surface area contributed by atoms with E-state index in [1.165, 1.54) is 12.1 Å². The number of hydrogen-bond acceptors (Lipinski definition) is 6. The summed E-state index contributed by atoms with van der Waals surface area (Å²) in [5.74, 6) is -0.789. The highest BCUT2D eigenvalue weighted by Crippen LogP contribution is 2.28. The zero-order valence-electron chi connectivity index (χ0n) is 17.2. The molecular formula is C22H24N4O5. The van der Waals surface area contributed by atoms with E-state index in [4.69, 9.17) is 4.74 Å². The summed E-state index contributed by atoms with van der Waals surface area (Å²) in [6.45, 7) is 4.23. The number of aryl methyl sites for hydroxylation is 1. The van der Waals surface area contributed by atoms with Crippen LogP contribution in [0.4, 0.5) is 17.1 Å². The smallest absolute Gasteiger partial charge is 0.282 e. The molecule has 2 amide bonds. The van der Waals surface area contributed by atoms with Gasteiger partial charge in [0.05, 0.1) is 18.1 Å². The summed E-state index contributed by atoms with van der Waals surface area (Å²) in [6, 6.07) is 9.80. The third kappa shape index (κ3) is 4.83. The Morgan fingerprint density at radius 3 is 2.52 bits per heavy atom. The van der Waals surface area contributed by atoms with E-state index < -0.39 is 10.8 Å². The molecular weight excluding hydrogens is 400 g/mol. The number of carbonyl (C=O) groups is 2. The third-order valence-electron chi connectivity index (χ3n) is 5.46. The van der Waals surface area contributed by atoms with Crippen LogP contribution in [-0.4, -0.2) is 49.1 Å². The van der Waals surface area contributed by atoms with Crippen molar-refractivity contribution in [1.29, 1.82) is 0 Å². The highest BCUT2D eigenvalue weighted by atomic mass is 16.6. The number of nitro groups is 1. The predicted molar refractivity (Wildman–Crippen MR) is 116 cm³/mol. The number of nitro benzene ring substituents is 1. The number of carbonyl (C=O) groups excluding carboxylic acids is 2. The lowest BCUT2D eigenvalue weighted by Gasteiger charge is -2.29. The van der Waals surface area contributed by atoms with Crippen LogP contribution in [0.2, 0.25) is 0 Å². The second kappa shape index (κ2) is 8.73. The molecule has 1 heterocycles. The Kier molecular flexibility index (Phi) is 5.85. The number of rotatable bonds is 6. The monoisotopic (exact) mass is 424 g/mol. The van der Waals surface area contributed by atoms with Crippen LogP contribution in [0.3, 0.4) is 0 Å². The molecule has 1 aliphatic carbocycles. The van der Waals surface area contributed by atoms with E-state index in [1.54, 1.807) is 31.2 Å². The molecule has 0 aromatic heterocycles. The van der Waals surface area contributed by atoms with E-state index in [0.29, 0.717) is 37.6 Å². The van der Waals surface area contributed by atoms with Gasteiger partial charge in [-0.3, -0.25) is 19.7 Å². The maximum absolute atomic E-state index is 13.0. The standard InChI is InChI=1S/C22H24N4O5/c1-14-2-3-15(21(27)23-16-4-5-16)12-19(14)24-22(28)18-13-17(6-7-20(18)26(29)30)25-8-10-31-11-9-25/h2-3,6-7,12-13,16H,4-5,8-11H2,1H3,(H,23,27)(H,24,28). The molecule has 9 nitrogen and oxygen atoms in total. The van der Waals surface area contributed by atoms with Crippen molar-refractivity contribution >= 4 is 28.9 Å². The van der Waals surface area contributed by atoms with Crippen molar-refractivity contribution in [2.75, 3.05) is 36.5 Å². The molecule has 1 saturated heterocycles. The fourth-order valence-electron chi connectivity index (χ4n) is 3.47. The SMILES string of the molecule is Cc1ccc(C(=O)NC2CC2)cc1NC(=O)c1cc(N2CCOCC2)ccc1[N+](=O)[O-]. The molecule has 4 rings (SSSR count). The average molecular weight is 424 g/mol.